The summed E-state index contributed by atoms with van der Waals surface area (Å²) >= 11 is 0. The minimum atomic E-state index is -0.795. The molecule has 2 aliphatic rings. The van der Waals surface area contributed by atoms with Gasteiger partial charge in [-0.2, -0.15) is 0 Å². The minimum Gasteiger partial charge on any atom is -0.493 e. The molecule has 1 amide bonds. The SMILES string of the molecule is CC(C)(C)OC(=O)N1CCC(C=C(c2ccc(OCCc3ccccc3)cc2)C2(O)CCCCC2)CC1. The van der Waals surface area contributed by atoms with Gasteiger partial charge in [0.2, 0.25) is 0 Å². The van der Waals surface area contributed by atoms with Gasteiger partial charge in [-0.05, 0) is 81.2 Å². The molecule has 2 aromatic carbocycles. The molecular weight excluding hydrogens is 462 g/mol. The molecule has 5 heteroatoms. The molecule has 200 valence electrons. The first kappa shape index (κ1) is 27.3. The number of carbonyl (C=O) groups excluding carboxylic acids is 1. The highest BCUT2D eigenvalue weighted by Crippen LogP contribution is 2.41. The number of amides is 1. The van der Waals surface area contributed by atoms with Crippen LogP contribution in [0.4, 0.5) is 4.79 Å². The normalized spacial score (nSPS) is 18.9. The Morgan fingerprint density at radius 2 is 1.65 bits per heavy atom. The van der Waals surface area contributed by atoms with Crippen molar-refractivity contribution in [1.82, 2.24) is 4.90 Å². The number of benzene rings is 2. The molecule has 5 nitrogen and oxygen atoms in total. The smallest absolute Gasteiger partial charge is 0.410 e. The van der Waals surface area contributed by atoms with E-state index >= 15 is 0 Å². The number of ether oxygens (including phenoxy) is 2. The standard InChI is InChI=1S/C32H43NO4/c1-31(2,3)37-30(34)33-21-16-26(17-22-33)24-29(32(35)19-8-5-9-20-32)27-12-14-28(15-13-27)36-23-18-25-10-6-4-7-11-25/h4,6-7,10-15,24,26,35H,5,8-9,16-23H2,1-3H3. The summed E-state index contributed by atoms with van der Waals surface area (Å²) in [4.78, 5) is 14.3. The van der Waals surface area contributed by atoms with E-state index in [1.807, 2.05) is 43.9 Å². The van der Waals surface area contributed by atoms with E-state index in [9.17, 15) is 9.90 Å². The molecule has 1 aliphatic carbocycles. The highest BCUT2D eigenvalue weighted by molar-refractivity contribution is 5.73. The van der Waals surface area contributed by atoms with Gasteiger partial charge in [-0.3, -0.25) is 0 Å². The number of aliphatic hydroxyl groups is 1. The summed E-state index contributed by atoms with van der Waals surface area (Å²) in [6, 6.07) is 18.6. The Balaban J connectivity index is 1.43. The van der Waals surface area contributed by atoms with Crippen molar-refractivity contribution in [3.63, 3.8) is 0 Å². The van der Waals surface area contributed by atoms with Crippen LogP contribution in [0.15, 0.2) is 60.7 Å². The average Bonchev–Trinajstić information content (AvgIpc) is 2.88. The van der Waals surface area contributed by atoms with Crippen molar-refractivity contribution in [2.75, 3.05) is 19.7 Å². The van der Waals surface area contributed by atoms with Crippen LogP contribution in [-0.4, -0.2) is 47.0 Å². The summed E-state index contributed by atoms with van der Waals surface area (Å²) in [5, 5.41) is 11.7. The summed E-state index contributed by atoms with van der Waals surface area (Å²) in [5.41, 5.74) is 2.09. The van der Waals surface area contributed by atoms with Crippen molar-refractivity contribution in [3.05, 3.63) is 71.8 Å². The topological polar surface area (TPSA) is 59.0 Å². The zero-order valence-electron chi connectivity index (χ0n) is 22.7. The Hall–Kier alpha value is -2.79. The molecule has 0 radical (unpaired) electrons. The van der Waals surface area contributed by atoms with Crippen LogP contribution in [0.1, 0.15) is 76.8 Å². The van der Waals surface area contributed by atoms with E-state index in [0.29, 0.717) is 25.6 Å². The molecule has 0 spiro atoms. The first-order valence-electron chi connectivity index (χ1n) is 13.9. The van der Waals surface area contributed by atoms with E-state index < -0.39 is 11.2 Å². The van der Waals surface area contributed by atoms with Gasteiger partial charge >= 0.3 is 6.09 Å². The van der Waals surface area contributed by atoms with Gasteiger partial charge in [0.25, 0.3) is 0 Å². The number of rotatable bonds is 7. The first-order chi connectivity index (χ1) is 17.7. The van der Waals surface area contributed by atoms with E-state index in [1.54, 1.807) is 0 Å². The molecule has 0 atom stereocenters. The second kappa shape index (κ2) is 12.2. The summed E-state index contributed by atoms with van der Waals surface area (Å²) in [6.07, 6.45) is 9.55. The van der Waals surface area contributed by atoms with Gasteiger partial charge < -0.3 is 19.5 Å². The molecule has 1 N–H and O–H groups in total. The molecule has 2 fully saturated rings. The van der Waals surface area contributed by atoms with Crippen LogP contribution >= 0.6 is 0 Å². The molecule has 0 bridgehead atoms. The maximum Gasteiger partial charge on any atom is 0.410 e. The van der Waals surface area contributed by atoms with E-state index in [1.165, 1.54) is 12.0 Å². The van der Waals surface area contributed by atoms with Crippen LogP contribution in [0.3, 0.4) is 0 Å². The van der Waals surface area contributed by atoms with Gasteiger partial charge in [0.15, 0.2) is 0 Å². The Labute approximate surface area is 222 Å². The predicted octanol–water partition coefficient (Wildman–Crippen LogP) is 7.03. The lowest BCUT2D eigenvalue weighted by Gasteiger charge is -2.37. The van der Waals surface area contributed by atoms with E-state index in [0.717, 1.165) is 61.8 Å². The second-order valence-corrected chi connectivity index (χ2v) is 11.6. The quantitative estimate of drug-likeness (QED) is 0.439. The zero-order valence-corrected chi connectivity index (χ0v) is 22.7. The van der Waals surface area contributed by atoms with E-state index in [4.69, 9.17) is 9.47 Å². The highest BCUT2D eigenvalue weighted by Gasteiger charge is 2.35. The van der Waals surface area contributed by atoms with Crippen molar-refractivity contribution >= 4 is 11.7 Å². The second-order valence-electron chi connectivity index (χ2n) is 11.6. The number of nitrogens with zero attached hydrogens (tertiary/aromatic N) is 1. The van der Waals surface area contributed by atoms with Crippen LogP contribution in [0.5, 0.6) is 5.75 Å². The summed E-state index contributed by atoms with van der Waals surface area (Å²) in [5.74, 6) is 1.17. The lowest BCUT2D eigenvalue weighted by atomic mass is 9.75. The molecule has 0 unspecified atom stereocenters. The highest BCUT2D eigenvalue weighted by atomic mass is 16.6. The maximum atomic E-state index is 12.5. The fourth-order valence-electron chi connectivity index (χ4n) is 5.40. The van der Waals surface area contributed by atoms with E-state index in [2.05, 4.69) is 42.5 Å². The Morgan fingerprint density at radius 3 is 2.27 bits per heavy atom. The number of hydrogen-bond acceptors (Lipinski definition) is 4. The lowest BCUT2D eigenvalue weighted by Crippen LogP contribution is -2.41. The molecule has 4 rings (SSSR count). The monoisotopic (exact) mass is 505 g/mol. The summed E-state index contributed by atoms with van der Waals surface area (Å²) in [6.45, 7) is 7.68. The van der Waals surface area contributed by atoms with Crippen molar-refractivity contribution in [2.24, 2.45) is 5.92 Å². The van der Waals surface area contributed by atoms with Crippen molar-refractivity contribution < 1.29 is 19.4 Å². The van der Waals surface area contributed by atoms with Gasteiger partial charge in [0.1, 0.15) is 11.4 Å². The predicted molar refractivity (Wildman–Crippen MR) is 149 cm³/mol. The van der Waals surface area contributed by atoms with Gasteiger partial charge in [-0.25, -0.2) is 4.79 Å². The fourth-order valence-corrected chi connectivity index (χ4v) is 5.40. The average molecular weight is 506 g/mol. The van der Waals surface area contributed by atoms with E-state index in [-0.39, 0.29) is 6.09 Å². The molecular formula is C32H43NO4. The van der Waals surface area contributed by atoms with Crippen LogP contribution in [0.2, 0.25) is 0 Å². The molecule has 37 heavy (non-hydrogen) atoms. The molecule has 1 aliphatic heterocycles. The molecule has 2 aromatic rings. The molecule has 1 saturated carbocycles. The number of hydrogen-bond donors (Lipinski definition) is 1. The van der Waals surface area contributed by atoms with Crippen LogP contribution < -0.4 is 4.74 Å². The number of piperidine rings is 1. The van der Waals surface area contributed by atoms with Crippen LogP contribution in [-0.2, 0) is 11.2 Å². The Kier molecular flexibility index (Phi) is 8.96. The number of carbonyl (C=O) groups is 1. The Bertz CT molecular complexity index is 1020. The largest absolute Gasteiger partial charge is 0.493 e. The minimum absolute atomic E-state index is 0.232. The number of likely N-dealkylation sites (tertiary alicyclic amines) is 1. The van der Waals surface area contributed by atoms with Crippen molar-refractivity contribution in [2.45, 2.75) is 83.3 Å². The van der Waals surface area contributed by atoms with Crippen molar-refractivity contribution in [1.29, 1.82) is 0 Å². The van der Waals surface area contributed by atoms with Gasteiger partial charge in [0, 0.05) is 19.5 Å². The van der Waals surface area contributed by atoms with Gasteiger partial charge in [-0.15, -0.1) is 0 Å². The fraction of sp³-hybridized carbons (Fsp3) is 0.531. The Morgan fingerprint density at radius 1 is 1.00 bits per heavy atom. The third kappa shape index (κ3) is 7.85. The first-order valence-corrected chi connectivity index (χ1v) is 13.9. The van der Waals surface area contributed by atoms with Gasteiger partial charge in [0.05, 0.1) is 12.2 Å². The third-order valence-electron chi connectivity index (χ3n) is 7.44. The molecule has 1 saturated heterocycles. The molecule has 1 heterocycles. The van der Waals surface area contributed by atoms with Gasteiger partial charge in [-0.1, -0.05) is 67.8 Å². The molecule has 0 aromatic heterocycles. The lowest BCUT2D eigenvalue weighted by molar-refractivity contribution is 0.0195. The van der Waals surface area contributed by atoms with Crippen LogP contribution in [0.25, 0.3) is 5.57 Å². The maximum absolute atomic E-state index is 12.5. The van der Waals surface area contributed by atoms with Crippen molar-refractivity contribution in [3.8, 4) is 5.75 Å². The summed E-state index contributed by atoms with van der Waals surface area (Å²) in [7, 11) is 0. The zero-order chi connectivity index (χ0) is 26.3. The third-order valence-corrected chi connectivity index (χ3v) is 7.44. The number of allylic oxidation sites excluding steroid dienone is 1. The van der Waals surface area contributed by atoms with Crippen LogP contribution in [0, 0.1) is 5.92 Å². The summed E-state index contributed by atoms with van der Waals surface area (Å²) < 4.78 is 11.6.